The average molecular weight is 484 g/mol. The first-order valence-electron chi connectivity index (χ1n) is 8.94. The van der Waals surface area contributed by atoms with Gasteiger partial charge in [-0.3, -0.25) is 4.90 Å². The molecule has 4 aromatic rings. The quantitative estimate of drug-likeness (QED) is 0.465. The molecule has 1 aliphatic rings. The summed E-state index contributed by atoms with van der Waals surface area (Å²) in [5.74, 6) is -1.75. The van der Waals surface area contributed by atoms with E-state index in [1.807, 2.05) is 0 Å². The summed E-state index contributed by atoms with van der Waals surface area (Å²) in [4.78, 5) is 23.2. The van der Waals surface area contributed by atoms with Crippen molar-refractivity contribution in [3.63, 3.8) is 0 Å². The summed E-state index contributed by atoms with van der Waals surface area (Å²) in [6, 6.07) is 1.90. The van der Waals surface area contributed by atoms with Crippen LogP contribution in [0.1, 0.15) is 11.6 Å². The summed E-state index contributed by atoms with van der Waals surface area (Å²) in [5.41, 5.74) is 0.0578. The van der Waals surface area contributed by atoms with E-state index in [1.165, 1.54) is 41.7 Å². The van der Waals surface area contributed by atoms with Gasteiger partial charge in [-0.05, 0) is 6.07 Å². The van der Waals surface area contributed by atoms with Gasteiger partial charge in [-0.15, -0.1) is 4.80 Å². The van der Waals surface area contributed by atoms with E-state index in [9.17, 15) is 18.0 Å². The Labute approximate surface area is 186 Å². The number of amides is 2. The number of hydrogen-bond donors (Lipinski definition) is 1. The molecule has 0 saturated carbocycles. The Morgan fingerprint density at radius 2 is 1.88 bits per heavy atom. The molecule has 0 radical (unpaired) electrons. The summed E-state index contributed by atoms with van der Waals surface area (Å²) >= 11 is 12.0. The Bertz CT molecular complexity index is 1340. The lowest BCUT2D eigenvalue weighted by Gasteiger charge is -2.19. The second-order valence-electron chi connectivity index (χ2n) is 6.75. The first kappa shape index (κ1) is 20.5. The Kier molecular flexibility index (Phi) is 4.67. The van der Waals surface area contributed by atoms with Crippen molar-refractivity contribution in [2.45, 2.75) is 12.1 Å². The monoisotopic (exact) mass is 483 g/mol. The fourth-order valence-corrected chi connectivity index (χ4v) is 3.84. The maximum Gasteiger partial charge on any atom is 0.399 e. The van der Waals surface area contributed by atoms with Gasteiger partial charge in [0.2, 0.25) is 0 Å². The number of rotatable bonds is 2. The minimum absolute atomic E-state index is 0.0118. The number of nitrogens with zero attached hydrogens (tertiary/aromatic N) is 8. The van der Waals surface area contributed by atoms with Gasteiger partial charge >= 0.3 is 12.2 Å². The van der Waals surface area contributed by atoms with Crippen LogP contribution in [-0.4, -0.2) is 53.3 Å². The number of alkyl halides is 3. The molecule has 0 fully saturated rings. The Morgan fingerprint density at radius 3 is 2.56 bits per heavy atom. The van der Waals surface area contributed by atoms with Crippen molar-refractivity contribution in [1.82, 2.24) is 34.6 Å². The number of urea groups is 1. The van der Waals surface area contributed by atoms with E-state index in [0.29, 0.717) is 0 Å². The molecule has 2 amide bonds. The molecule has 0 saturated heterocycles. The number of hydrogen-bond acceptors (Lipinski definition) is 6. The number of anilines is 2. The summed E-state index contributed by atoms with van der Waals surface area (Å²) in [7, 11) is 0. The molecule has 15 heteroatoms. The fourth-order valence-electron chi connectivity index (χ4n) is 3.43. The topological polar surface area (TPSA) is 106 Å². The summed E-state index contributed by atoms with van der Waals surface area (Å²) in [6.45, 7) is -0.653. The predicted octanol–water partition coefficient (Wildman–Crippen LogP) is 3.71. The zero-order valence-corrected chi connectivity index (χ0v) is 17.1. The van der Waals surface area contributed by atoms with Gasteiger partial charge in [-0.2, -0.15) is 28.5 Å². The summed E-state index contributed by atoms with van der Waals surface area (Å²) in [5, 5.41) is 14.3. The molecule has 0 aromatic carbocycles. The van der Waals surface area contributed by atoms with Gasteiger partial charge in [0.25, 0.3) is 0 Å². The Balaban J connectivity index is 1.47. The lowest BCUT2D eigenvalue weighted by atomic mass is 10.1. The Morgan fingerprint density at radius 1 is 1.12 bits per heavy atom. The van der Waals surface area contributed by atoms with Gasteiger partial charge < -0.3 is 5.32 Å². The number of halogens is 5. The van der Waals surface area contributed by atoms with E-state index < -0.39 is 24.7 Å². The SMILES string of the molecule is O=C(Nc1cnc(-n2nccn2)c(Cl)c1)N1CC(C(F)(F)F)c2c1cnc1cc(Cl)nn21. The highest BCUT2D eigenvalue weighted by Gasteiger charge is 2.50. The van der Waals surface area contributed by atoms with Crippen molar-refractivity contribution in [2.24, 2.45) is 0 Å². The normalized spacial score (nSPS) is 15.9. The second-order valence-corrected chi connectivity index (χ2v) is 7.54. The highest BCUT2D eigenvalue weighted by atomic mass is 35.5. The molecule has 32 heavy (non-hydrogen) atoms. The van der Waals surface area contributed by atoms with Crippen molar-refractivity contribution in [3.8, 4) is 5.82 Å². The van der Waals surface area contributed by atoms with Gasteiger partial charge in [0, 0.05) is 12.6 Å². The van der Waals surface area contributed by atoms with E-state index in [-0.39, 0.29) is 38.7 Å². The maximum atomic E-state index is 13.8. The van der Waals surface area contributed by atoms with E-state index in [0.717, 1.165) is 9.42 Å². The lowest BCUT2D eigenvalue weighted by molar-refractivity contribution is -0.147. The smallest absolute Gasteiger partial charge is 0.306 e. The molecule has 1 atom stereocenters. The van der Waals surface area contributed by atoms with Gasteiger partial charge in [0.15, 0.2) is 16.6 Å². The van der Waals surface area contributed by atoms with Gasteiger partial charge in [0.05, 0.1) is 46.9 Å². The van der Waals surface area contributed by atoms with Crippen LogP contribution in [-0.2, 0) is 0 Å². The van der Waals surface area contributed by atoms with Gasteiger partial charge in [-0.25, -0.2) is 19.3 Å². The van der Waals surface area contributed by atoms with Crippen LogP contribution >= 0.6 is 23.2 Å². The molecule has 5 heterocycles. The highest BCUT2D eigenvalue weighted by Crippen LogP contribution is 2.45. The average Bonchev–Trinajstić information content (AvgIpc) is 3.44. The number of carbonyl (C=O) groups is 1. The van der Waals surface area contributed by atoms with Crippen molar-refractivity contribution < 1.29 is 18.0 Å². The van der Waals surface area contributed by atoms with Crippen molar-refractivity contribution in [2.75, 3.05) is 16.8 Å². The van der Waals surface area contributed by atoms with Gasteiger partial charge in [0.1, 0.15) is 5.92 Å². The molecule has 0 bridgehead atoms. The first-order valence-corrected chi connectivity index (χ1v) is 9.69. The molecular weight excluding hydrogens is 474 g/mol. The number of fused-ring (bicyclic) bond motifs is 3. The Hall–Kier alpha value is -3.45. The molecular formula is C17H10Cl2F3N9O. The zero-order chi connectivity index (χ0) is 22.6. The minimum atomic E-state index is -4.63. The highest BCUT2D eigenvalue weighted by molar-refractivity contribution is 6.32. The summed E-state index contributed by atoms with van der Waals surface area (Å²) in [6.07, 6.45) is 0.724. The van der Waals surface area contributed by atoms with Crippen LogP contribution in [0.2, 0.25) is 10.2 Å². The van der Waals surface area contributed by atoms with Crippen molar-refractivity contribution in [1.29, 1.82) is 0 Å². The van der Waals surface area contributed by atoms with Crippen LogP contribution in [0.25, 0.3) is 11.5 Å². The molecule has 0 aliphatic carbocycles. The van der Waals surface area contributed by atoms with Crippen LogP contribution < -0.4 is 10.2 Å². The van der Waals surface area contributed by atoms with Crippen molar-refractivity contribution in [3.05, 3.63) is 52.8 Å². The number of carbonyl (C=O) groups excluding carboxylic acids is 1. The van der Waals surface area contributed by atoms with E-state index in [4.69, 9.17) is 23.2 Å². The molecule has 5 rings (SSSR count). The van der Waals surface area contributed by atoms with E-state index in [2.05, 4.69) is 30.6 Å². The van der Waals surface area contributed by atoms with Gasteiger partial charge in [-0.1, -0.05) is 23.2 Å². The third-order valence-electron chi connectivity index (χ3n) is 4.78. The predicted molar refractivity (Wildman–Crippen MR) is 107 cm³/mol. The molecule has 1 unspecified atom stereocenters. The third kappa shape index (κ3) is 3.39. The van der Waals surface area contributed by atoms with E-state index in [1.54, 1.807) is 0 Å². The molecule has 1 aliphatic heterocycles. The zero-order valence-electron chi connectivity index (χ0n) is 15.6. The largest absolute Gasteiger partial charge is 0.399 e. The standard InChI is InChI=1S/C17H10Cl2F3N9O/c18-10-3-8(5-24-15(10)31-25-1-2-26-31)27-16(32)29-7-9(17(20,21)22)14-11(29)6-23-13-4-12(19)28-30(13)14/h1-6,9H,7H2,(H,27,32). The maximum absolute atomic E-state index is 13.8. The number of nitrogens with one attached hydrogen (secondary N) is 1. The molecule has 4 aromatic heterocycles. The first-order chi connectivity index (χ1) is 15.2. The second kappa shape index (κ2) is 7.31. The number of pyridine rings is 1. The minimum Gasteiger partial charge on any atom is -0.306 e. The lowest BCUT2D eigenvalue weighted by Crippen LogP contribution is -2.36. The number of aromatic nitrogens is 7. The third-order valence-corrected chi connectivity index (χ3v) is 5.24. The van der Waals surface area contributed by atoms with Crippen LogP contribution in [0.3, 0.4) is 0 Å². The van der Waals surface area contributed by atoms with Crippen LogP contribution in [0.4, 0.5) is 29.3 Å². The molecule has 0 spiro atoms. The fraction of sp³-hybridized carbons (Fsp3) is 0.176. The molecule has 164 valence electrons. The summed E-state index contributed by atoms with van der Waals surface area (Å²) < 4.78 is 42.3. The van der Waals surface area contributed by atoms with Crippen molar-refractivity contribution >= 4 is 46.3 Å². The van der Waals surface area contributed by atoms with Crippen LogP contribution in [0, 0.1) is 0 Å². The molecule has 10 nitrogen and oxygen atoms in total. The van der Waals surface area contributed by atoms with E-state index >= 15 is 0 Å². The molecule has 1 N–H and O–H groups in total. The van der Waals surface area contributed by atoms with Crippen LogP contribution in [0.15, 0.2) is 36.9 Å². The van der Waals surface area contributed by atoms with Crippen LogP contribution in [0.5, 0.6) is 0 Å².